The summed E-state index contributed by atoms with van der Waals surface area (Å²) in [5.41, 5.74) is 1.51. The fraction of sp³-hybridized carbons (Fsp3) is 0.393. The first kappa shape index (κ1) is 28.1. The van der Waals surface area contributed by atoms with E-state index in [9.17, 15) is 19.5 Å². The molecule has 8 nitrogen and oxygen atoms in total. The highest BCUT2D eigenvalue weighted by atomic mass is 35.5. The van der Waals surface area contributed by atoms with Crippen LogP contribution < -0.4 is 10.1 Å². The first-order valence-electron chi connectivity index (χ1n) is 12.1. The van der Waals surface area contributed by atoms with Crippen molar-refractivity contribution in [1.29, 1.82) is 0 Å². The van der Waals surface area contributed by atoms with Gasteiger partial charge in [0.2, 0.25) is 5.91 Å². The number of nitrogens with zero attached hydrogens (tertiary/aromatic N) is 1. The van der Waals surface area contributed by atoms with Crippen LogP contribution in [0.25, 0.3) is 0 Å². The van der Waals surface area contributed by atoms with Gasteiger partial charge < -0.3 is 24.8 Å². The van der Waals surface area contributed by atoms with Crippen molar-refractivity contribution in [3.8, 4) is 5.75 Å². The molecule has 0 aromatic heterocycles. The summed E-state index contributed by atoms with van der Waals surface area (Å²) < 4.78 is 11.4. The van der Waals surface area contributed by atoms with E-state index < -0.39 is 23.7 Å². The number of carboxylic acids is 1. The molecule has 1 heterocycles. The standard InChI is InChI=1S/C28H33ClN2O6/c1-28(2,3)37-27(35)30-23-7-5-4-6-14-31(26(23)34)17-21-15-20(16-25(32)33)10-13-24(21)36-18-19-8-11-22(29)12-9-19/h4-5,8-13,15,23H,6-7,14,16-18H2,1-3H3,(H,30,35)(H,32,33). The largest absolute Gasteiger partial charge is 0.489 e. The van der Waals surface area contributed by atoms with Crippen molar-refractivity contribution in [3.63, 3.8) is 0 Å². The molecule has 2 N–H and O–H groups in total. The third-order valence-electron chi connectivity index (χ3n) is 5.55. The molecule has 0 spiro atoms. The van der Waals surface area contributed by atoms with Gasteiger partial charge in [-0.15, -0.1) is 0 Å². The normalized spacial score (nSPS) is 16.1. The van der Waals surface area contributed by atoms with Crippen LogP contribution in [0.3, 0.4) is 0 Å². The SMILES string of the molecule is CC(C)(C)OC(=O)NC1CC=CCCN(Cc2cc(CC(=O)O)ccc2OCc2ccc(Cl)cc2)C1=O. The van der Waals surface area contributed by atoms with Gasteiger partial charge in [0, 0.05) is 23.7 Å². The summed E-state index contributed by atoms with van der Waals surface area (Å²) in [6, 6.07) is 11.7. The first-order chi connectivity index (χ1) is 17.5. The van der Waals surface area contributed by atoms with Crippen molar-refractivity contribution in [3.05, 3.63) is 76.3 Å². The van der Waals surface area contributed by atoms with Crippen LogP contribution in [0.1, 0.15) is 50.3 Å². The van der Waals surface area contributed by atoms with Gasteiger partial charge in [0.25, 0.3) is 0 Å². The molecule has 198 valence electrons. The van der Waals surface area contributed by atoms with E-state index in [0.717, 1.165) is 5.56 Å². The lowest BCUT2D eigenvalue weighted by molar-refractivity contribution is -0.136. The molecule has 2 aromatic carbocycles. The van der Waals surface area contributed by atoms with Crippen LogP contribution in [-0.4, -0.2) is 46.2 Å². The van der Waals surface area contributed by atoms with Crippen LogP contribution in [-0.2, 0) is 33.9 Å². The number of nitrogens with one attached hydrogen (secondary N) is 1. The molecule has 0 saturated heterocycles. The van der Waals surface area contributed by atoms with Crippen molar-refractivity contribution >= 4 is 29.6 Å². The summed E-state index contributed by atoms with van der Waals surface area (Å²) in [6.45, 7) is 6.18. The van der Waals surface area contributed by atoms with Crippen molar-refractivity contribution in [2.45, 2.75) is 64.8 Å². The Morgan fingerprint density at radius 1 is 1.11 bits per heavy atom. The van der Waals surface area contributed by atoms with Gasteiger partial charge in [-0.05, 0) is 69.0 Å². The number of rotatable bonds is 8. The molecule has 9 heteroatoms. The molecule has 1 aliphatic rings. The monoisotopic (exact) mass is 528 g/mol. The van der Waals surface area contributed by atoms with Gasteiger partial charge in [0.15, 0.2) is 0 Å². The van der Waals surface area contributed by atoms with Crippen LogP contribution in [0.4, 0.5) is 4.79 Å². The highest BCUT2D eigenvalue weighted by molar-refractivity contribution is 6.30. The number of halogens is 1. The predicted molar refractivity (Wildman–Crippen MR) is 141 cm³/mol. The molecule has 0 aliphatic carbocycles. The van der Waals surface area contributed by atoms with Gasteiger partial charge >= 0.3 is 12.1 Å². The van der Waals surface area contributed by atoms with E-state index >= 15 is 0 Å². The van der Waals surface area contributed by atoms with Crippen molar-refractivity contribution in [2.75, 3.05) is 6.54 Å². The van der Waals surface area contributed by atoms with Gasteiger partial charge in [-0.3, -0.25) is 9.59 Å². The summed E-state index contributed by atoms with van der Waals surface area (Å²) in [5, 5.41) is 12.6. The fourth-order valence-electron chi connectivity index (χ4n) is 3.87. The number of carboxylic acid groups (broad SMARTS) is 1. The number of carbonyl (C=O) groups excluding carboxylic acids is 2. The molecule has 2 aromatic rings. The number of hydrogen-bond acceptors (Lipinski definition) is 5. The Morgan fingerprint density at radius 2 is 1.81 bits per heavy atom. The summed E-state index contributed by atoms with van der Waals surface area (Å²) in [5.74, 6) is -0.650. The number of benzene rings is 2. The van der Waals surface area contributed by atoms with E-state index in [-0.39, 0.29) is 25.5 Å². The maximum atomic E-state index is 13.5. The number of amides is 2. The highest BCUT2D eigenvalue weighted by Gasteiger charge is 2.28. The molecular formula is C28H33ClN2O6. The maximum absolute atomic E-state index is 13.5. The molecule has 0 radical (unpaired) electrons. The highest BCUT2D eigenvalue weighted by Crippen LogP contribution is 2.25. The number of aliphatic carboxylic acids is 1. The van der Waals surface area contributed by atoms with Gasteiger partial charge in [-0.2, -0.15) is 0 Å². The van der Waals surface area contributed by atoms with Crippen molar-refractivity contribution < 1.29 is 29.0 Å². The Kier molecular flexibility index (Phi) is 9.58. The first-order valence-corrected chi connectivity index (χ1v) is 12.5. The lowest BCUT2D eigenvalue weighted by Crippen LogP contribution is -2.50. The Labute approximate surface area is 222 Å². The van der Waals surface area contributed by atoms with Crippen LogP contribution in [0.15, 0.2) is 54.6 Å². The molecule has 2 amide bonds. The van der Waals surface area contributed by atoms with Crippen LogP contribution in [0, 0.1) is 0 Å². The van der Waals surface area contributed by atoms with E-state index in [2.05, 4.69) is 5.32 Å². The molecule has 0 saturated carbocycles. The number of hydrogen-bond donors (Lipinski definition) is 2. The predicted octanol–water partition coefficient (Wildman–Crippen LogP) is 5.12. The minimum Gasteiger partial charge on any atom is -0.489 e. The average molecular weight is 529 g/mol. The van der Waals surface area contributed by atoms with Crippen LogP contribution >= 0.6 is 11.6 Å². The van der Waals surface area contributed by atoms with E-state index in [4.69, 9.17) is 21.1 Å². The van der Waals surface area contributed by atoms with Crippen LogP contribution in [0.2, 0.25) is 5.02 Å². The fourth-order valence-corrected chi connectivity index (χ4v) is 3.99. The maximum Gasteiger partial charge on any atom is 0.408 e. The second-order valence-electron chi connectivity index (χ2n) is 9.88. The van der Waals surface area contributed by atoms with E-state index in [1.165, 1.54) is 0 Å². The molecule has 0 fully saturated rings. The molecule has 1 unspecified atom stereocenters. The van der Waals surface area contributed by atoms with E-state index in [1.807, 2.05) is 24.3 Å². The smallest absolute Gasteiger partial charge is 0.408 e. The third-order valence-corrected chi connectivity index (χ3v) is 5.81. The summed E-state index contributed by atoms with van der Waals surface area (Å²) in [7, 11) is 0. The minimum atomic E-state index is -0.949. The molecule has 0 bridgehead atoms. The number of alkyl carbamates (subject to hydrolysis) is 1. The van der Waals surface area contributed by atoms with E-state index in [0.29, 0.717) is 41.3 Å². The quantitative estimate of drug-likeness (QED) is 0.461. The zero-order valence-electron chi connectivity index (χ0n) is 21.3. The Morgan fingerprint density at radius 3 is 2.49 bits per heavy atom. The average Bonchev–Trinajstić information content (AvgIpc) is 2.80. The van der Waals surface area contributed by atoms with Gasteiger partial charge in [0.1, 0.15) is 24.0 Å². The minimum absolute atomic E-state index is 0.149. The lowest BCUT2D eigenvalue weighted by atomic mass is 10.0. The summed E-state index contributed by atoms with van der Waals surface area (Å²) >= 11 is 5.97. The Balaban J connectivity index is 1.82. The van der Waals surface area contributed by atoms with Gasteiger partial charge in [-0.1, -0.05) is 42.0 Å². The van der Waals surface area contributed by atoms with Gasteiger partial charge in [0.05, 0.1) is 6.42 Å². The summed E-state index contributed by atoms with van der Waals surface area (Å²) in [4.78, 5) is 38.8. The Hall–Kier alpha value is -3.52. The second kappa shape index (κ2) is 12.6. The second-order valence-corrected chi connectivity index (χ2v) is 10.3. The third kappa shape index (κ3) is 9.13. The number of carbonyl (C=O) groups is 3. The topological polar surface area (TPSA) is 105 Å². The molecule has 1 aliphatic heterocycles. The van der Waals surface area contributed by atoms with Crippen molar-refractivity contribution in [2.24, 2.45) is 0 Å². The van der Waals surface area contributed by atoms with E-state index in [1.54, 1.807) is 56.0 Å². The zero-order valence-corrected chi connectivity index (χ0v) is 22.1. The molecule has 3 rings (SSSR count). The van der Waals surface area contributed by atoms with Crippen molar-refractivity contribution in [1.82, 2.24) is 10.2 Å². The zero-order chi connectivity index (χ0) is 27.0. The lowest BCUT2D eigenvalue weighted by Gasteiger charge is -2.30. The van der Waals surface area contributed by atoms with Gasteiger partial charge in [-0.25, -0.2) is 4.79 Å². The summed E-state index contributed by atoms with van der Waals surface area (Å²) in [6.07, 6.45) is 4.04. The Bertz CT molecular complexity index is 1140. The number of ether oxygens (including phenoxy) is 2. The van der Waals surface area contributed by atoms with Crippen LogP contribution in [0.5, 0.6) is 5.75 Å². The molecule has 1 atom stereocenters. The molecular weight excluding hydrogens is 496 g/mol. The molecule has 37 heavy (non-hydrogen) atoms.